The molecular weight excluding hydrogens is 303 g/mol. The molecule has 0 bridgehead atoms. The topological polar surface area (TPSA) is 58.2 Å². The van der Waals surface area contributed by atoms with Crippen molar-refractivity contribution in [2.24, 2.45) is 0 Å². The van der Waals surface area contributed by atoms with Gasteiger partial charge in [-0.05, 0) is 43.2 Å². The summed E-state index contributed by atoms with van der Waals surface area (Å²) in [5.41, 5.74) is 1.35. The van der Waals surface area contributed by atoms with Gasteiger partial charge in [0.15, 0.2) is 0 Å². The van der Waals surface area contributed by atoms with Crippen molar-refractivity contribution in [3.8, 4) is 0 Å². The Hall–Kier alpha value is -2.21. The molecule has 2 amide bonds. The molecule has 0 fully saturated rings. The highest BCUT2D eigenvalue weighted by Gasteiger charge is 2.09. The Kier molecular flexibility index (Phi) is 5.27. The predicted molar refractivity (Wildman–Crippen MR) is 84.4 cm³/mol. The van der Waals surface area contributed by atoms with Crippen molar-refractivity contribution in [3.63, 3.8) is 0 Å². The summed E-state index contributed by atoms with van der Waals surface area (Å²) in [6.45, 7) is 3.80. The van der Waals surface area contributed by atoms with Crippen LogP contribution in [-0.4, -0.2) is 18.4 Å². The summed E-state index contributed by atoms with van der Waals surface area (Å²) in [5, 5.41) is 5.25. The number of hydrogen-bond acceptors (Lipinski definition) is 3. The van der Waals surface area contributed by atoms with Gasteiger partial charge in [0.1, 0.15) is 5.82 Å². The SMILES string of the molecule is Cc1ccc(C(=O)NCC(=O)NCc2ccc(F)c(C)c2)s1. The Labute approximate surface area is 132 Å². The fraction of sp³-hybridized carbons (Fsp3) is 0.250. The van der Waals surface area contributed by atoms with Crippen LogP contribution in [0.4, 0.5) is 4.39 Å². The molecule has 1 heterocycles. The molecule has 0 aliphatic rings. The average Bonchev–Trinajstić information content (AvgIpc) is 2.92. The van der Waals surface area contributed by atoms with Gasteiger partial charge >= 0.3 is 0 Å². The van der Waals surface area contributed by atoms with Crippen LogP contribution in [0, 0.1) is 19.7 Å². The van der Waals surface area contributed by atoms with Crippen LogP contribution in [0.5, 0.6) is 0 Å². The third-order valence-electron chi connectivity index (χ3n) is 3.09. The molecule has 2 N–H and O–H groups in total. The predicted octanol–water partition coefficient (Wildman–Crippen LogP) is 2.55. The molecule has 2 rings (SSSR count). The number of rotatable bonds is 5. The van der Waals surface area contributed by atoms with E-state index < -0.39 is 0 Å². The first kappa shape index (κ1) is 16.2. The van der Waals surface area contributed by atoms with Crippen molar-refractivity contribution in [1.82, 2.24) is 10.6 Å². The zero-order chi connectivity index (χ0) is 16.1. The van der Waals surface area contributed by atoms with Gasteiger partial charge in [0.2, 0.25) is 5.91 Å². The summed E-state index contributed by atoms with van der Waals surface area (Å²) in [6.07, 6.45) is 0. The number of carbonyl (C=O) groups excluding carboxylic acids is 2. The second-order valence-corrected chi connectivity index (χ2v) is 6.24. The monoisotopic (exact) mass is 320 g/mol. The molecule has 0 unspecified atom stereocenters. The molecule has 4 nitrogen and oxygen atoms in total. The number of nitrogens with one attached hydrogen (secondary N) is 2. The number of amides is 2. The minimum absolute atomic E-state index is 0.0873. The van der Waals surface area contributed by atoms with Gasteiger partial charge in [0.05, 0.1) is 11.4 Å². The van der Waals surface area contributed by atoms with Crippen molar-refractivity contribution in [2.45, 2.75) is 20.4 Å². The van der Waals surface area contributed by atoms with Gasteiger partial charge in [0.25, 0.3) is 5.91 Å². The van der Waals surface area contributed by atoms with E-state index in [0.29, 0.717) is 17.0 Å². The van der Waals surface area contributed by atoms with E-state index in [1.165, 1.54) is 17.4 Å². The van der Waals surface area contributed by atoms with Gasteiger partial charge in [-0.3, -0.25) is 9.59 Å². The Morgan fingerprint density at radius 3 is 2.55 bits per heavy atom. The van der Waals surface area contributed by atoms with E-state index in [0.717, 1.165) is 10.4 Å². The van der Waals surface area contributed by atoms with E-state index in [1.54, 1.807) is 25.1 Å². The number of hydrogen-bond donors (Lipinski definition) is 2. The van der Waals surface area contributed by atoms with Crippen LogP contribution in [0.3, 0.4) is 0 Å². The van der Waals surface area contributed by atoms with E-state index in [1.807, 2.05) is 13.0 Å². The minimum Gasteiger partial charge on any atom is -0.350 e. The third-order valence-corrected chi connectivity index (χ3v) is 4.09. The zero-order valence-electron chi connectivity index (χ0n) is 12.4. The second-order valence-electron chi connectivity index (χ2n) is 4.95. The highest BCUT2D eigenvalue weighted by molar-refractivity contribution is 7.13. The number of halogens is 1. The van der Waals surface area contributed by atoms with Crippen LogP contribution in [0.15, 0.2) is 30.3 Å². The van der Waals surface area contributed by atoms with Crippen LogP contribution in [0.25, 0.3) is 0 Å². The van der Waals surface area contributed by atoms with E-state index in [9.17, 15) is 14.0 Å². The first-order chi connectivity index (χ1) is 10.5. The summed E-state index contributed by atoms with van der Waals surface area (Å²) in [6, 6.07) is 8.26. The third kappa shape index (κ3) is 4.39. The molecule has 0 saturated heterocycles. The van der Waals surface area contributed by atoms with Gasteiger partial charge < -0.3 is 10.6 Å². The van der Waals surface area contributed by atoms with Crippen LogP contribution in [0.2, 0.25) is 0 Å². The van der Waals surface area contributed by atoms with Crippen molar-refractivity contribution in [1.29, 1.82) is 0 Å². The largest absolute Gasteiger partial charge is 0.350 e. The van der Waals surface area contributed by atoms with Crippen molar-refractivity contribution in [2.75, 3.05) is 6.54 Å². The number of thiophene rings is 1. The number of aryl methyl sites for hydroxylation is 2. The molecule has 6 heteroatoms. The van der Waals surface area contributed by atoms with Gasteiger partial charge in [0, 0.05) is 11.4 Å². The second kappa shape index (κ2) is 7.17. The first-order valence-corrected chi connectivity index (χ1v) is 7.63. The average molecular weight is 320 g/mol. The lowest BCUT2D eigenvalue weighted by atomic mass is 10.1. The van der Waals surface area contributed by atoms with Crippen molar-refractivity contribution >= 4 is 23.2 Å². The van der Waals surface area contributed by atoms with Crippen molar-refractivity contribution in [3.05, 3.63) is 57.0 Å². The molecule has 0 spiro atoms. The van der Waals surface area contributed by atoms with Gasteiger partial charge in [-0.2, -0.15) is 0 Å². The zero-order valence-corrected chi connectivity index (χ0v) is 13.2. The molecule has 1 aromatic heterocycles. The highest BCUT2D eigenvalue weighted by Crippen LogP contribution is 2.14. The van der Waals surface area contributed by atoms with Crippen LogP contribution >= 0.6 is 11.3 Å². The lowest BCUT2D eigenvalue weighted by molar-refractivity contribution is -0.120. The van der Waals surface area contributed by atoms with Crippen LogP contribution in [-0.2, 0) is 11.3 Å². The Morgan fingerprint density at radius 2 is 1.91 bits per heavy atom. The van der Waals surface area contributed by atoms with Gasteiger partial charge in [-0.15, -0.1) is 11.3 Å². The summed E-state index contributed by atoms with van der Waals surface area (Å²) in [4.78, 5) is 25.1. The molecule has 0 radical (unpaired) electrons. The summed E-state index contributed by atoms with van der Waals surface area (Å²) >= 11 is 1.38. The molecule has 0 atom stereocenters. The quantitative estimate of drug-likeness (QED) is 0.889. The summed E-state index contributed by atoms with van der Waals surface area (Å²) in [5.74, 6) is -0.817. The standard InChI is InChI=1S/C16H17FN2O2S/c1-10-7-12(4-5-13(10)17)8-18-15(20)9-19-16(21)14-6-3-11(2)22-14/h3-7H,8-9H2,1-2H3,(H,18,20)(H,19,21). The van der Waals surface area contributed by atoms with Gasteiger partial charge in [-0.25, -0.2) is 4.39 Å². The fourth-order valence-corrected chi connectivity index (χ4v) is 2.67. The molecule has 22 heavy (non-hydrogen) atoms. The summed E-state index contributed by atoms with van der Waals surface area (Å²) < 4.78 is 13.1. The first-order valence-electron chi connectivity index (χ1n) is 6.82. The normalized spacial score (nSPS) is 10.3. The lowest BCUT2D eigenvalue weighted by Crippen LogP contribution is -2.36. The molecule has 2 aromatic rings. The number of carbonyl (C=O) groups is 2. The molecule has 116 valence electrons. The van der Waals surface area contributed by atoms with Crippen molar-refractivity contribution < 1.29 is 14.0 Å². The molecule has 0 aliphatic heterocycles. The van der Waals surface area contributed by atoms with Crippen LogP contribution < -0.4 is 10.6 Å². The van der Waals surface area contributed by atoms with E-state index >= 15 is 0 Å². The fourth-order valence-electron chi connectivity index (χ4n) is 1.88. The van der Waals surface area contributed by atoms with Crippen LogP contribution in [0.1, 0.15) is 25.7 Å². The highest BCUT2D eigenvalue weighted by atomic mass is 32.1. The maximum absolute atomic E-state index is 13.1. The Morgan fingerprint density at radius 1 is 1.14 bits per heavy atom. The minimum atomic E-state index is -0.288. The smallest absolute Gasteiger partial charge is 0.261 e. The molecule has 1 aromatic carbocycles. The summed E-state index contributed by atoms with van der Waals surface area (Å²) in [7, 11) is 0. The maximum Gasteiger partial charge on any atom is 0.261 e. The van der Waals surface area contributed by atoms with E-state index in [4.69, 9.17) is 0 Å². The lowest BCUT2D eigenvalue weighted by Gasteiger charge is -2.07. The van der Waals surface area contributed by atoms with E-state index in [2.05, 4.69) is 10.6 Å². The van der Waals surface area contributed by atoms with Gasteiger partial charge in [-0.1, -0.05) is 12.1 Å². The molecular formula is C16H17FN2O2S. The molecule has 0 saturated carbocycles. The Bertz CT molecular complexity index is 697. The number of benzene rings is 1. The van der Waals surface area contributed by atoms with E-state index in [-0.39, 0.29) is 24.2 Å². The molecule has 0 aliphatic carbocycles. The Balaban J connectivity index is 1.78. The maximum atomic E-state index is 13.1.